The van der Waals surface area contributed by atoms with Gasteiger partial charge in [0.1, 0.15) is 5.78 Å². The van der Waals surface area contributed by atoms with Crippen molar-refractivity contribution in [3.63, 3.8) is 0 Å². The van der Waals surface area contributed by atoms with Crippen LogP contribution in [0.25, 0.3) is 0 Å². The van der Waals surface area contributed by atoms with Crippen molar-refractivity contribution in [2.45, 2.75) is 27.2 Å². The van der Waals surface area contributed by atoms with Gasteiger partial charge in [-0.25, -0.2) is 0 Å². The number of hydrogen-bond acceptors (Lipinski definition) is 2. The van der Waals surface area contributed by atoms with Gasteiger partial charge in [0, 0.05) is 18.4 Å². The standard InChI is InChI=1S/C9H19NO/c1-9(2,3)8(11)6-7-10(4)5/h6-7H2,1-5H3. The predicted molar refractivity (Wildman–Crippen MR) is 47.6 cm³/mol. The van der Waals surface area contributed by atoms with Crippen molar-refractivity contribution in [1.82, 2.24) is 4.90 Å². The van der Waals surface area contributed by atoms with E-state index in [1.807, 2.05) is 39.8 Å². The number of Topliss-reactive ketones (excluding diaryl/α,β-unsaturated/α-hetero) is 1. The molecule has 0 aliphatic rings. The summed E-state index contributed by atoms with van der Waals surface area (Å²) < 4.78 is 0. The van der Waals surface area contributed by atoms with Crippen LogP contribution in [0.5, 0.6) is 0 Å². The lowest BCUT2D eigenvalue weighted by Crippen LogP contribution is -2.25. The summed E-state index contributed by atoms with van der Waals surface area (Å²) in [6, 6.07) is 0. The molecule has 0 aliphatic heterocycles. The van der Waals surface area contributed by atoms with Gasteiger partial charge in [-0.05, 0) is 14.1 Å². The first kappa shape index (κ1) is 10.6. The molecule has 0 saturated heterocycles. The molecule has 0 rings (SSSR count). The molecule has 2 heteroatoms. The van der Waals surface area contributed by atoms with Gasteiger partial charge < -0.3 is 4.90 Å². The molecule has 0 aromatic heterocycles. The molecule has 2 nitrogen and oxygen atoms in total. The molecule has 0 fully saturated rings. The molecule has 0 saturated carbocycles. The number of carbonyl (C=O) groups is 1. The lowest BCUT2D eigenvalue weighted by atomic mass is 9.89. The highest BCUT2D eigenvalue weighted by molar-refractivity contribution is 5.83. The van der Waals surface area contributed by atoms with Crippen molar-refractivity contribution in [3.05, 3.63) is 0 Å². The predicted octanol–water partition coefficient (Wildman–Crippen LogP) is 1.55. The maximum absolute atomic E-state index is 11.3. The fourth-order valence-electron chi connectivity index (χ4n) is 0.700. The van der Waals surface area contributed by atoms with Crippen LogP contribution in [-0.2, 0) is 4.79 Å². The second-order valence-electron chi connectivity index (χ2n) is 4.23. The van der Waals surface area contributed by atoms with Gasteiger partial charge >= 0.3 is 0 Å². The van der Waals surface area contributed by atoms with Crippen molar-refractivity contribution in [2.24, 2.45) is 5.41 Å². The number of nitrogens with zero attached hydrogens (tertiary/aromatic N) is 1. The van der Waals surface area contributed by atoms with Crippen molar-refractivity contribution in [3.8, 4) is 0 Å². The Morgan fingerprint density at radius 1 is 1.27 bits per heavy atom. The minimum atomic E-state index is -0.171. The van der Waals surface area contributed by atoms with Gasteiger partial charge in [0.15, 0.2) is 0 Å². The smallest absolute Gasteiger partial charge is 0.139 e. The van der Waals surface area contributed by atoms with E-state index in [0.717, 1.165) is 6.54 Å². The summed E-state index contributed by atoms with van der Waals surface area (Å²) in [7, 11) is 3.96. The molecule has 0 amide bonds. The summed E-state index contributed by atoms with van der Waals surface area (Å²) in [6.45, 7) is 6.75. The maximum atomic E-state index is 11.3. The first-order chi connectivity index (χ1) is 4.84. The normalized spacial score (nSPS) is 12.2. The second-order valence-corrected chi connectivity index (χ2v) is 4.23. The summed E-state index contributed by atoms with van der Waals surface area (Å²) in [4.78, 5) is 13.4. The Morgan fingerprint density at radius 3 is 2.00 bits per heavy atom. The van der Waals surface area contributed by atoms with E-state index in [2.05, 4.69) is 0 Å². The van der Waals surface area contributed by atoms with E-state index in [1.54, 1.807) is 0 Å². The highest BCUT2D eigenvalue weighted by atomic mass is 16.1. The van der Waals surface area contributed by atoms with Crippen LogP contribution >= 0.6 is 0 Å². The van der Waals surface area contributed by atoms with Crippen molar-refractivity contribution in [2.75, 3.05) is 20.6 Å². The molecule has 0 heterocycles. The summed E-state index contributed by atoms with van der Waals surface area (Å²) in [6.07, 6.45) is 0.663. The molecule has 0 aromatic carbocycles. The highest BCUT2D eigenvalue weighted by Crippen LogP contribution is 2.16. The molecule has 0 atom stereocenters. The SMILES string of the molecule is CN(C)CCC(=O)C(C)(C)C. The fourth-order valence-corrected chi connectivity index (χ4v) is 0.700. The first-order valence-corrected chi connectivity index (χ1v) is 4.02. The van der Waals surface area contributed by atoms with Gasteiger partial charge in [0.05, 0.1) is 0 Å². The number of hydrogen-bond donors (Lipinski definition) is 0. The van der Waals surface area contributed by atoms with Crippen LogP contribution in [0.1, 0.15) is 27.2 Å². The van der Waals surface area contributed by atoms with Crippen LogP contribution in [0.3, 0.4) is 0 Å². The van der Waals surface area contributed by atoms with Gasteiger partial charge in [-0.15, -0.1) is 0 Å². The first-order valence-electron chi connectivity index (χ1n) is 4.02. The van der Waals surface area contributed by atoms with E-state index in [0.29, 0.717) is 12.2 Å². The molecular formula is C9H19NO. The number of ketones is 1. The Morgan fingerprint density at radius 2 is 1.73 bits per heavy atom. The fraction of sp³-hybridized carbons (Fsp3) is 0.889. The van der Waals surface area contributed by atoms with E-state index >= 15 is 0 Å². The summed E-state index contributed by atoms with van der Waals surface area (Å²) in [5.74, 6) is 0.339. The third kappa shape index (κ3) is 4.96. The van der Waals surface area contributed by atoms with Crippen LogP contribution < -0.4 is 0 Å². The summed E-state index contributed by atoms with van der Waals surface area (Å²) in [5.41, 5.74) is -0.171. The minimum Gasteiger partial charge on any atom is -0.309 e. The second kappa shape index (κ2) is 3.86. The van der Waals surface area contributed by atoms with Gasteiger partial charge in [0.2, 0.25) is 0 Å². The van der Waals surface area contributed by atoms with Crippen LogP contribution in [-0.4, -0.2) is 31.3 Å². The molecule has 0 spiro atoms. The van der Waals surface area contributed by atoms with E-state index in [9.17, 15) is 4.79 Å². The molecule has 11 heavy (non-hydrogen) atoms. The van der Waals surface area contributed by atoms with E-state index in [1.165, 1.54) is 0 Å². The van der Waals surface area contributed by atoms with Crippen LogP contribution in [0, 0.1) is 5.41 Å². The molecule has 0 unspecified atom stereocenters. The number of carbonyl (C=O) groups excluding carboxylic acids is 1. The van der Waals surface area contributed by atoms with Crippen molar-refractivity contribution >= 4 is 5.78 Å². The maximum Gasteiger partial charge on any atom is 0.139 e. The number of rotatable bonds is 3. The molecule has 0 radical (unpaired) electrons. The van der Waals surface area contributed by atoms with Crippen LogP contribution in [0.2, 0.25) is 0 Å². The molecule has 0 aromatic rings. The van der Waals surface area contributed by atoms with Gasteiger partial charge in [0.25, 0.3) is 0 Å². The third-order valence-electron chi connectivity index (χ3n) is 1.62. The Bertz CT molecular complexity index is 133. The average molecular weight is 157 g/mol. The Labute approximate surface area is 69.6 Å². The van der Waals surface area contributed by atoms with E-state index in [4.69, 9.17) is 0 Å². The molecule has 66 valence electrons. The zero-order chi connectivity index (χ0) is 9.07. The molecule has 0 N–H and O–H groups in total. The van der Waals surface area contributed by atoms with E-state index < -0.39 is 0 Å². The monoisotopic (exact) mass is 157 g/mol. The Balaban J connectivity index is 3.71. The van der Waals surface area contributed by atoms with Crippen molar-refractivity contribution < 1.29 is 4.79 Å². The minimum absolute atomic E-state index is 0.171. The quantitative estimate of drug-likeness (QED) is 0.619. The molecule has 0 aliphatic carbocycles. The zero-order valence-corrected chi connectivity index (χ0v) is 8.27. The highest BCUT2D eigenvalue weighted by Gasteiger charge is 2.20. The largest absolute Gasteiger partial charge is 0.309 e. The van der Waals surface area contributed by atoms with Gasteiger partial charge in [-0.2, -0.15) is 0 Å². The van der Waals surface area contributed by atoms with Gasteiger partial charge in [-0.3, -0.25) is 4.79 Å². The van der Waals surface area contributed by atoms with Crippen molar-refractivity contribution in [1.29, 1.82) is 0 Å². The third-order valence-corrected chi connectivity index (χ3v) is 1.62. The lowest BCUT2D eigenvalue weighted by Gasteiger charge is -2.17. The van der Waals surface area contributed by atoms with Gasteiger partial charge in [-0.1, -0.05) is 20.8 Å². The Hall–Kier alpha value is -0.370. The van der Waals surface area contributed by atoms with Crippen LogP contribution in [0.15, 0.2) is 0 Å². The van der Waals surface area contributed by atoms with E-state index in [-0.39, 0.29) is 5.41 Å². The average Bonchev–Trinajstić information content (AvgIpc) is 1.80. The lowest BCUT2D eigenvalue weighted by molar-refractivity contribution is -0.126. The van der Waals surface area contributed by atoms with Crippen LogP contribution in [0.4, 0.5) is 0 Å². The zero-order valence-electron chi connectivity index (χ0n) is 8.27. The molecular weight excluding hydrogens is 138 g/mol. The Kier molecular flexibility index (Phi) is 3.73. The summed E-state index contributed by atoms with van der Waals surface area (Å²) >= 11 is 0. The topological polar surface area (TPSA) is 20.3 Å². The molecule has 0 bridgehead atoms. The summed E-state index contributed by atoms with van der Waals surface area (Å²) in [5, 5.41) is 0.